The van der Waals surface area contributed by atoms with Crippen molar-refractivity contribution in [3.63, 3.8) is 0 Å². The van der Waals surface area contributed by atoms with Gasteiger partial charge in [-0.3, -0.25) is 4.79 Å². The average molecular weight is 477 g/mol. The molecule has 0 spiro atoms. The normalized spacial score (nSPS) is 10.8. The largest absolute Gasteiger partial charge is 0.422 e. The number of carbonyl (C=O) groups excluding carboxylic acids is 2. The maximum absolute atomic E-state index is 12.5. The molecule has 0 atom stereocenters. The van der Waals surface area contributed by atoms with Crippen molar-refractivity contribution < 1.29 is 14.3 Å². The predicted molar refractivity (Wildman–Crippen MR) is 123 cm³/mol. The summed E-state index contributed by atoms with van der Waals surface area (Å²) in [5, 5.41) is 4.70. The summed E-state index contributed by atoms with van der Waals surface area (Å²) in [7, 11) is 0. The van der Waals surface area contributed by atoms with Crippen LogP contribution in [0.1, 0.15) is 20.0 Å². The lowest BCUT2D eigenvalue weighted by atomic mass is 10.2. The second kappa shape index (κ2) is 8.66. The second-order valence-electron chi connectivity index (χ2n) is 6.23. The number of anilines is 1. The third kappa shape index (κ3) is 4.30. The summed E-state index contributed by atoms with van der Waals surface area (Å²) in [4.78, 5) is 25.3. The molecule has 0 saturated heterocycles. The van der Waals surface area contributed by atoms with Crippen LogP contribution in [0.15, 0.2) is 66.7 Å². The summed E-state index contributed by atoms with van der Waals surface area (Å²) in [6.07, 6.45) is 0. The lowest BCUT2D eigenvalue weighted by Gasteiger charge is -2.08. The van der Waals surface area contributed by atoms with Crippen molar-refractivity contribution in [2.75, 3.05) is 5.32 Å². The minimum absolute atomic E-state index is 0.297. The van der Waals surface area contributed by atoms with Gasteiger partial charge in [-0.25, -0.2) is 4.79 Å². The van der Waals surface area contributed by atoms with Crippen molar-refractivity contribution >= 4 is 73.8 Å². The number of thiophene rings is 1. The van der Waals surface area contributed by atoms with Crippen molar-refractivity contribution in [2.24, 2.45) is 0 Å². The lowest BCUT2D eigenvalue weighted by Crippen LogP contribution is -2.12. The Morgan fingerprint density at radius 2 is 1.63 bits per heavy atom. The first-order chi connectivity index (χ1) is 14.4. The van der Waals surface area contributed by atoms with Gasteiger partial charge in [0.2, 0.25) is 0 Å². The van der Waals surface area contributed by atoms with Crippen LogP contribution in [0.3, 0.4) is 0 Å². The van der Waals surface area contributed by atoms with Gasteiger partial charge in [0, 0.05) is 20.7 Å². The van der Waals surface area contributed by atoms with Crippen molar-refractivity contribution in [1.29, 1.82) is 0 Å². The zero-order valence-corrected chi connectivity index (χ0v) is 18.2. The molecule has 4 rings (SSSR count). The molecule has 0 unspecified atom stereocenters. The number of fused-ring (bicyclic) bond motifs is 1. The van der Waals surface area contributed by atoms with Gasteiger partial charge in [0.15, 0.2) is 0 Å². The molecule has 1 N–H and O–H groups in total. The summed E-state index contributed by atoms with van der Waals surface area (Å²) >= 11 is 19.6. The first kappa shape index (κ1) is 20.7. The van der Waals surface area contributed by atoms with Gasteiger partial charge in [0.1, 0.15) is 10.6 Å². The van der Waals surface area contributed by atoms with Crippen molar-refractivity contribution in [3.8, 4) is 5.75 Å². The van der Waals surface area contributed by atoms with Crippen LogP contribution in [-0.2, 0) is 0 Å². The van der Waals surface area contributed by atoms with Crippen LogP contribution in [0, 0.1) is 0 Å². The third-order valence-corrected chi connectivity index (χ3v) is 6.44. The fourth-order valence-electron chi connectivity index (χ4n) is 2.76. The Morgan fingerprint density at radius 3 is 2.37 bits per heavy atom. The molecule has 3 aromatic carbocycles. The van der Waals surface area contributed by atoms with Crippen LogP contribution in [0.2, 0.25) is 15.1 Å². The molecule has 1 aromatic heterocycles. The Morgan fingerprint density at radius 1 is 0.900 bits per heavy atom. The zero-order chi connectivity index (χ0) is 21.3. The van der Waals surface area contributed by atoms with Crippen LogP contribution in [0.5, 0.6) is 5.75 Å². The highest BCUT2D eigenvalue weighted by molar-refractivity contribution is 7.21. The molecule has 1 heterocycles. The number of amides is 1. The first-order valence-electron chi connectivity index (χ1n) is 8.68. The molecule has 0 fully saturated rings. The SMILES string of the molecule is O=C(Nc1cc(Cl)ccc1Cl)c1ccc(OC(=O)c2sc3ccccc3c2Cl)cc1. The molecular weight excluding hydrogens is 465 g/mol. The number of carbonyl (C=O) groups is 2. The topological polar surface area (TPSA) is 55.4 Å². The Balaban J connectivity index is 1.48. The van der Waals surface area contributed by atoms with E-state index in [1.54, 1.807) is 30.3 Å². The quantitative estimate of drug-likeness (QED) is 0.248. The number of halogens is 3. The summed E-state index contributed by atoms with van der Waals surface area (Å²) in [6, 6.07) is 18.4. The number of rotatable bonds is 4. The van der Waals surface area contributed by atoms with Gasteiger partial charge in [0.05, 0.1) is 15.7 Å². The molecule has 30 heavy (non-hydrogen) atoms. The van der Waals surface area contributed by atoms with Crippen molar-refractivity contribution in [1.82, 2.24) is 0 Å². The molecule has 0 radical (unpaired) electrons. The van der Waals surface area contributed by atoms with Crippen LogP contribution in [-0.4, -0.2) is 11.9 Å². The Hall–Kier alpha value is -2.57. The highest BCUT2D eigenvalue weighted by Gasteiger charge is 2.19. The number of esters is 1. The molecule has 0 bridgehead atoms. The van der Waals surface area contributed by atoms with Crippen LogP contribution >= 0.6 is 46.1 Å². The molecule has 0 aliphatic rings. The van der Waals surface area contributed by atoms with E-state index >= 15 is 0 Å². The maximum Gasteiger partial charge on any atom is 0.355 e. The second-order valence-corrected chi connectivity index (χ2v) is 8.51. The summed E-state index contributed by atoms with van der Waals surface area (Å²) in [5.74, 6) is -0.625. The first-order valence-corrected chi connectivity index (χ1v) is 10.6. The van der Waals surface area contributed by atoms with Gasteiger partial charge < -0.3 is 10.1 Å². The van der Waals surface area contributed by atoms with E-state index in [1.165, 1.54) is 23.5 Å². The molecule has 150 valence electrons. The van der Waals surface area contributed by atoms with E-state index < -0.39 is 5.97 Å². The van der Waals surface area contributed by atoms with E-state index in [0.717, 1.165) is 10.1 Å². The zero-order valence-electron chi connectivity index (χ0n) is 15.1. The Bertz CT molecular complexity index is 1270. The number of nitrogens with one attached hydrogen (secondary N) is 1. The number of hydrogen-bond acceptors (Lipinski definition) is 4. The standard InChI is InChI=1S/C22H12Cl3NO3S/c23-13-7-10-16(24)17(11-13)26-21(27)12-5-8-14(9-6-12)29-22(28)20-19(25)15-3-1-2-4-18(15)30-20/h1-11H,(H,26,27). The van der Waals surface area contributed by atoms with Gasteiger partial charge in [0.25, 0.3) is 5.91 Å². The predicted octanol–water partition coefficient (Wildman–Crippen LogP) is 7.33. The lowest BCUT2D eigenvalue weighted by molar-refractivity contribution is 0.0740. The average Bonchev–Trinajstić information content (AvgIpc) is 3.08. The van der Waals surface area contributed by atoms with Gasteiger partial charge in [-0.05, 0) is 48.5 Å². The molecule has 0 saturated carbocycles. The van der Waals surface area contributed by atoms with Crippen molar-refractivity contribution in [2.45, 2.75) is 0 Å². The van der Waals surface area contributed by atoms with Gasteiger partial charge >= 0.3 is 5.97 Å². The van der Waals surface area contributed by atoms with Crippen LogP contribution in [0.4, 0.5) is 5.69 Å². The fraction of sp³-hybridized carbons (Fsp3) is 0. The van der Waals surface area contributed by atoms with E-state index in [-0.39, 0.29) is 5.91 Å². The minimum atomic E-state index is -0.552. The van der Waals surface area contributed by atoms with E-state index in [9.17, 15) is 9.59 Å². The highest BCUT2D eigenvalue weighted by Crippen LogP contribution is 2.35. The van der Waals surface area contributed by atoms with E-state index in [1.807, 2.05) is 24.3 Å². The summed E-state index contributed by atoms with van der Waals surface area (Å²) in [5.41, 5.74) is 0.773. The minimum Gasteiger partial charge on any atom is -0.422 e. The highest BCUT2D eigenvalue weighted by atomic mass is 35.5. The van der Waals surface area contributed by atoms with Crippen molar-refractivity contribution in [3.05, 3.63) is 92.2 Å². The van der Waals surface area contributed by atoms with Gasteiger partial charge in [-0.15, -0.1) is 11.3 Å². The van der Waals surface area contributed by atoms with Gasteiger partial charge in [-0.2, -0.15) is 0 Å². The molecule has 0 aliphatic heterocycles. The Labute approximate surface area is 190 Å². The molecule has 4 aromatic rings. The monoisotopic (exact) mass is 475 g/mol. The van der Waals surface area contributed by atoms with Crippen LogP contribution in [0.25, 0.3) is 10.1 Å². The third-order valence-electron chi connectivity index (χ3n) is 4.22. The molecule has 0 aliphatic carbocycles. The van der Waals surface area contributed by atoms with E-state index in [0.29, 0.717) is 36.9 Å². The smallest absolute Gasteiger partial charge is 0.355 e. The van der Waals surface area contributed by atoms with Crippen LogP contribution < -0.4 is 10.1 Å². The van der Waals surface area contributed by atoms with E-state index in [2.05, 4.69) is 5.32 Å². The molecule has 4 nitrogen and oxygen atoms in total. The van der Waals surface area contributed by atoms with E-state index in [4.69, 9.17) is 39.5 Å². The molecular formula is C22H12Cl3NO3S. The molecule has 1 amide bonds. The summed E-state index contributed by atoms with van der Waals surface area (Å²) in [6.45, 7) is 0. The van der Waals surface area contributed by atoms with Gasteiger partial charge in [-0.1, -0.05) is 53.0 Å². The molecule has 8 heteroatoms. The number of benzene rings is 3. The Kier molecular flexibility index (Phi) is 5.97. The summed E-state index contributed by atoms with van der Waals surface area (Å²) < 4.78 is 6.32. The maximum atomic E-state index is 12.5. The number of hydrogen-bond donors (Lipinski definition) is 1. The fourth-order valence-corrected chi connectivity index (χ4v) is 4.48. The number of ether oxygens (including phenoxy) is 1.